The van der Waals surface area contributed by atoms with Gasteiger partial charge in [0.2, 0.25) is 10.0 Å². The number of rotatable bonds is 8. The number of nitrogens with zero attached hydrogens (tertiary/aromatic N) is 1. The third kappa shape index (κ3) is 5.56. The summed E-state index contributed by atoms with van der Waals surface area (Å²) in [5, 5.41) is 2.51. The lowest BCUT2D eigenvalue weighted by atomic mass is 10.1. The van der Waals surface area contributed by atoms with Crippen LogP contribution in [0, 0.1) is 0 Å². The Kier molecular flexibility index (Phi) is 7.19. The lowest BCUT2D eigenvalue weighted by molar-refractivity contribution is -0.144. The molecule has 1 aliphatic heterocycles. The summed E-state index contributed by atoms with van der Waals surface area (Å²) >= 11 is 0. The Bertz CT molecular complexity index is 1050. The largest absolute Gasteiger partial charge is 0.456 e. The Hall–Kier alpha value is -3.04. The fourth-order valence-electron chi connectivity index (χ4n) is 3.16. The molecule has 3 rings (SSSR count). The van der Waals surface area contributed by atoms with Gasteiger partial charge in [-0.05, 0) is 56.2 Å². The number of carbonyl (C=O) groups excluding carboxylic acids is 3. The molecular weight excluding hydrogens is 420 g/mol. The van der Waals surface area contributed by atoms with Crippen molar-refractivity contribution >= 4 is 27.7 Å². The zero-order valence-corrected chi connectivity index (χ0v) is 17.9. The second-order valence-electron chi connectivity index (χ2n) is 7.23. The van der Waals surface area contributed by atoms with Gasteiger partial charge in [-0.25, -0.2) is 13.2 Å². The average molecular weight is 445 g/mol. The molecule has 0 radical (unpaired) electrons. The van der Waals surface area contributed by atoms with Gasteiger partial charge in [-0.15, -0.1) is 0 Å². The van der Waals surface area contributed by atoms with Crippen molar-refractivity contribution in [2.75, 3.05) is 19.7 Å². The minimum atomic E-state index is -3.56. The van der Waals surface area contributed by atoms with Crippen LogP contribution in [-0.4, -0.2) is 56.1 Å². The molecule has 8 nitrogen and oxygen atoms in total. The van der Waals surface area contributed by atoms with Crippen molar-refractivity contribution < 1.29 is 27.5 Å². The summed E-state index contributed by atoms with van der Waals surface area (Å²) in [4.78, 5) is 36.6. The van der Waals surface area contributed by atoms with Crippen molar-refractivity contribution in [3.05, 3.63) is 65.7 Å². The molecule has 31 heavy (non-hydrogen) atoms. The van der Waals surface area contributed by atoms with Crippen LogP contribution in [0.5, 0.6) is 0 Å². The van der Waals surface area contributed by atoms with Crippen LogP contribution in [0.2, 0.25) is 0 Å². The minimum absolute atomic E-state index is 0.125. The first-order valence-corrected chi connectivity index (χ1v) is 11.4. The van der Waals surface area contributed by atoms with Crippen LogP contribution in [0.15, 0.2) is 59.5 Å². The first-order valence-electron chi connectivity index (χ1n) is 9.95. The molecule has 1 fully saturated rings. The number of sulfonamides is 1. The second-order valence-corrected chi connectivity index (χ2v) is 9.17. The highest BCUT2D eigenvalue weighted by Crippen LogP contribution is 2.21. The number of esters is 1. The first-order chi connectivity index (χ1) is 14.8. The number of carbonyl (C=O) groups is 3. The fraction of sp³-hybridized carbons (Fsp3) is 0.318. The molecule has 1 atom stereocenters. The normalized spacial score (nSPS) is 15.3. The van der Waals surface area contributed by atoms with Gasteiger partial charge in [-0.2, -0.15) is 4.31 Å². The van der Waals surface area contributed by atoms with Gasteiger partial charge in [0.05, 0.1) is 4.90 Å². The first kappa shape index (κ1) is 22.6. The molecule has 0 bridgehead atoms. The highest BCUT2D eigenvalue weighted by molar-refractivity contribution is 7.89. The SMILES string of the molecule is C[C@H](NC(=O)c1ccccc1)C(=O)OCC(=O)c1ccc(S(=O)(=O)N2CCCC2)cc1. The van der Waals surface area contributed by atoms with Crippen LogP contribution in [0.4, 0.5) is 0 Å². The predicted octanol–water partition coefficient (Wildman–Crippen LogP) is 2.02. The molecule has 2 aromatic rings. The van der Waals surface area contributed by atoms with Crippen molar-refractivity contribution in [2.24, 2.45) is 0 Å². The predicted molar refractivity (Wildman–Crippen MR) is 113 cm³/mol. The van der Waals surface area contributed by atoms with Crippen LogP contribution in [-0.2, 0) is 19.6 Å². The molecule has 0 saturated carbocycles. The van der Waals surface area contributed by atoms with E-state index in [2.05, 4.69) is 5.32 Å². The van der Waals surface area contributed by atoms with E-state index in [4.69, 9.17) is 4.74 Å². The zero-order valence-electron chi connectivity index (χ0n) is 17.1. The Morgan fingerprint density at radius 3 is 2.19 bits per heavy atom. The van der Waals surface area contributed by atoms with Gasteiger partial charge in [0.15, 0.2) is 12.4 Å². The van der Waals surface area contributed by atoms with Crippen molar-refractivity contribution in [3.63, 3.8) is 0 Å². The van der Waals surface area contributed by atoms with Crippen molar-refractivity contribution in [1.82, 2.24) is 9.62 Å². The standard InChI is InChI=1S/C22H24N2O6S/c1-16(23-21(26)18-7-3-2-4-8-18)22(27)30-15-20(25)17-9-11-19(12-10-17)31(28,29)24-13-5-6-14-24/h2-4,7-12,16H,5-6,13-15H2,1H3,(H,23,26)/t16-/m0/s1. The lowest BCUT2D eigenvalue weighted by Crippen LogP contribution is -2.40. The molecule has 1 N–H and O–H groups in total. The van der Waals surface area contributed by atoms with E-state index in [0.717, 1.165) is 12.8 Å². The van der Waals surface area contributed by atoms with Crippen LogP contribution in [0.3, 0.4) is 0 Å². The molecular formula is C22H24N2O6S. The van der Waals surface area contributed by atoms with Crippen molar-refractivity contribution in [3.8, 4) is 0 Å². The van der Waals surface area contributed by atoms with Crippen molar-refractivity contribution in [1.29, 1.82) is 0 Å². The maximum absolute atomic E-state index is 12.5. The molecule has 1 heterocycles. The molecule has 164 valence electrons. The number of nitrogens with one attached hydrogen (secondary N) is 1. The maximum Gasteiger partial charge on any atom is 0.328 e. The number of hydrogen-bond donors (Lipinski definition) is 1. The highest BCUT2D eigenvalue weighted by atomic mass is 32.2. The van der Waals surface area contributed by atoms with Crippen LogP contribution < -0.4 is 5.32 Å². The molecule has 0 unspecified atom stereocenters. The number of ketones is 1. The molecule has 1 amide bonds. The molecule has 0 aromatic heterocycles. The third-order valence-electron chi connectivity index (χ3n) is 4.96. The second kappa shape index (κ2) is 9.84. The topological polar surface area (TPSA) is 110 Å². The lowest BCUT2D eigenvalue weighted by Gasteiger charge is -2.15. The Morgan fingerprint density at radius 1 is 0.968 bits per heavy atom. The van der Waals surface area contributed by atoms with E-state index in [1.54, 1.807) is 30.3 Å². The quantitative estimate of drug-likeness (QED) is 0.493. The van der Waals surface area contributed by atoms with E-state index in [1.165, 1.54) is 35.5 Å². The van der Waals surface area contributed by atoms with Gasteiger partial charge < -0.3 is 10.1 Å². The number of ether oxygens (including phenoxy) is 1. The van der Waals surface area contributed by atoms with Gasteiger partial charge in [0, 0.05) is 24.2 Å². The summed E-state index contributed by atoms with van der Waals surface area (Å²) in [7, 11) is -3.56. The third-order valence-corrected chi connectivity index (χ3v) is 6.87. The summed E-state index contributed by atoms with van der Waals surface area (Å²) in [6, 6.07) is 13.0. The van der Waals surface area contributed by atoms with E-state index in [9.17, 15) is 22.8 Å². The summed E-state index contributed by atoms with van der Waals surface area (Å²) in [5.74, 6) is -1.64. The average Bonchev–Trinajstić information content (AvgIpc) is 3.33. The fourth-order valence-corrected chi connectivity index (χ4v) is 4.68. The Labute approximate surface area is 181 Å². The van der Waals surface area contributed by atoms with E-state index in [0.29, 0.717) is 18.7 Å². The minimum Gasteiger partial charge on any atom is -0.456 e. The van der Waals surface area contributed by atoms with Crippen LogP contribution >= 0.6 is 0 Å². The number of amides is 1. The molecule has 0 aliphatic carbocycles. The van der Waals surface area contributed by atoms with E-state index in [-0.39, 0.29) is 10.5 Å². The number of hydrogen-bond acceptors (Lipinski definition) is 6. The molecule has 2 aromatic carbocycles. The molecule has 0 spiro atoms. The number of benzene rings is 2. The van der Waals surface area contributed by atoms with Gasteiger partial charge in [-0.1, -0.05) is 18.2 Å². The molecule has 1 aliphatic rings. The highest BCUT2D eigenvalue weighted by Gasteiger charge is 2.27. The summed E-state index contributed by atoms with van der Waals surface area (Å²) < 4.78 is 31.5. The van der Waals surface area contributed by atoms with E-state index < -0.39 is 40.3 Å². The van der Waals surface area contributed by atoms with Gasteiger partial charge in [0.1, 0.15) is 6.04 Å². The molecule has 1 saturated heterocycles. The Morgan fingerprint density at radius 2 is 1.58 bits per heavy atom. The van der Waals surface area contributed by atoms with E-state index in [1.807, 2.05) is 0 Å². The maximum atomic E-state index is 12.5. The Balaban J connectivity index is 1.53. The van der Waals surface area contributed by atoms with Gasteiger partial charge in [-0.3, -0.25) is 9.59 Å². The smallest absolute Gasteiger partial charge is 0.328 e. The van der Waals surface area contributed by atoms with Crippen molar-refractivity contribution in [2.45, 2.75) is 30.7 Å². The van der Waals surface area contributed by atoms with Crippen LogP contribution in [0.1, 0.15) is 40.5 Å². The summed E-state index contributed by atoms with van der Waals surface area (Å²) in [5.41, 5.74) is 0.636. The van der Waals surface area contributed by atoms with E-state index >= 15 is 0 Å². The van der Waals surface area contributed by atoms with Gasteiger partial charge in [0.25, 0.3) is 5.91 Å². The summed E-state index contributed by atoms with van der Waals surface area (Å²) in [6.07, 6.45) is 1.68. The van der Waals surface area contributed by atoms with Crippen LogP contribution in [0.25, 0.3) is 0 Å². The zero-order chi connectivity index (χ0) is 22.4. The molecule has 9 heteroatoms. The van der Waals surface area contributed by atoms with Gasteiger partial charge >= 0.3 is 5.97 Å². The number of Topliss-reactive ketones (excluding diaryl/α,β-unsaturated/α-hetero) is 1. The summed E-state index contributed by atoms with van der Waals surface area (Å²) in [6.45, 7) is 1.95. The monoisotopic (exact) mass is 444 g/mol.